The van der Waals surface area contributed by atoms with Crippen molar-refractivity contribution in [3.63, 3.8) is 0 Å². The van der Waals surface area contributed by atoms with Crippen LogP contribution < -0.4 is 15.9 Å². The normalized spacial score (nSPS) is 10.9. The van der Waals surface area contributed by atoms with E-state index in [2.05, 4.69) is 22.1 Å². The van der Waals surface area contributed by atoms with Crippen LogP contribution in [0.4, 0.5) is 0 Å². The van der Waals surface area contributed by atoms with Gasteiger partial charge in [0.25, 0.3) is 0 Å². The molecule has 0 atom stereocenters. The van der Waals surface area contributed by atoms with Gasteiger partial charge in [-0.2, -0.15) is 0 Å². The molecule has 0 saturated carbocycles. The van der Waals surface area contributed by atoms with E-state index in [0.717, 1.165) is 27.8 Å². The van der Waals surface area contributed by atoms with Gasteiger partial charge in [-0.1, -0.05) is 65.2 Å². The first-order valence-electron chi connectivity index (χ1n) is 10.3. The van der Waals surface area contributed by atoms with Crippen LogP contribution in [0.5, 0.6) is 0 Å². The Morgan fingerprint density at radius 3 is 1.48 bits per heavy atom. The zero-order valence-electron chi connectivity index (χ0n) is 17.5. The van der Waals surface area contributed by atoms with Crippen molar-refractivity contribution in [2.75, 3.05) is 0 Å². The van der Waals surface area contributed by atoms with Crippen molar-refractivity contribution in [1.82, 2.24) is 9.97 Å². The summed E-state index contributed by atoms with van der Waals surface area (Å²) in [4.78, 5) is 8.87. The smallest absolute Gasteiger partial charge is 0.312 e. The van der Waals surface area contributed by atoms with E-state index in [1.165, 1.54) is 0 Å². The number of hydrogen-bond donors (Lipinski definition) is 0. The van der Waals surface area contributed by atoms with Crippen LogP contribution in [0, 0.1) is 12.1 Å². The Morgan fingerprint density at radius 2 is 1.03 bits per heavy atom. The number of nitrogens with zero attached hydrogens (tertiary/aromatic N) is 2. The molecular weight excluding hydrogens is 606 g/mol. The molecule has 0 unspecified atom stereocenters. The van der Waals surface area contributed by atoms with Gasteiger partial charge < -0.3 is 14.5 Å². The molecule has 0 radical (unpaired) electrons. The molecular formula is C28H19N2OPPt. The maximum absolute atomic E-state index is 14.9. The fraction of sp³-hybridized carbons (Fsp3) is 0. The molecule has 3 nitrogen and oxygen atoms in total. The Kier molecular flexibility index (Phi) is 7.13. The van der Waals surface area contributed by atoms with Crippen LogP contribution >= 0.6 is 7.14 Å². The summed E-state index contributed by atoms with van der Waals surface area (Å²) in [6, 6.07) is 39.3. The largest absolute Gasteiger partial charge is 2.00 e. The Bertz CT molecular complexity index is 1310. The molecule has 0 aliphatic rings. The van der Waals surface area contributed by atoms with Gasteiger partial charge in [-0.05, 0) is 23.5 Å². The Morgan fingerprint density at radius 1 is 0.545 bits per heavy atom. The van der Waals surface area contributed by atoms with E-state index in [1.54, 1.807) is 12.4 Å². The predicted octanol–water partition coefficient (Wildman–Crippen LogP) is 5.05. The van der Waals surface area contributed by atoms with Crippen LogP contribution in [0.25, 0.3) is 22.5 Å². The molecule has 0 N–H and O–H groups in total. The van der Waals surface area contributed by atoms with Crippen LogP contribution in [0.3, 0.4) is 0 Å². The van der Waals surface area contributed by atoms with Crippen molar-refractivity contribution in [3.8, 4) is 22.5 Å². The molecule has 3 aromatic carbocycles. The minimum Gasteiger partial charge on any atom is -0.312 e. The third kappa shape index (κ3) is 4.66. The van der Waals surface area contributed by atoms with E-state index in [0.29, 0.717) is 10.6 Å². The van der Waals surface area contributed by atoms with E-state index < -0.39 is 7.14 Å². The molecule has 5 aromatic rings. The van der Waals surface area contributed by atoms with E-state index in [4.69, 9.17) is 0 Å². The summed E-state index contributed by atoms with van der Waals surface area (Å²) in [5.74, 6) is 0. The summed E-state index contributed by atoms with van der Waals surface area (Å²) in [5, 5.41) is 1.99. The summed E-state index contributed by atoms with van der Waals surface area (Å²) in [5.41, 5.74) is 3.20. The minimum atomic E-state index is -3.24. The third-order valence-electron chi connectivity index (χ3n) is 5.24. The minimum absolute atomic E-state index is 0. The second-order valence-electron chi connectivity index (χ2n) is 7.27. The van der Waals surface area contributed by atoms with E-state index >= 15 is 0 Å². The standard InChI is InChI=1S/C28H19N2OP.Pt/c31-32(24-12-2-1-3-13-24,25-14-8-10-22(20-25)27-16-4-6-18-29-27)26-15-9-11-23(21-26)28-17-5-7-19-30-28;/h1-19H;/q-2;+2. The van der Waals surface area contributed by atoms with Crippen LogP contribution in [0.1, 0.15) is 0 Å². The Labute approximate surface area is 208 Å². The van der Waals surface area contributed by atoms with Gasteiger partial charge in [-0.25, -0.2) is 0 Å². The molecule has 33 heavy (non-hydrogen) atoms. The monoisotopic (exact) mass is 625 g/mol. The molecule has 2 heterocycles. The quantitative estimate of drug-likeness (QED) is 0.203. The van der Waals surface area contributed by atoms with Crippen molar-refractivity contribution in [1.29, 1.82) is 0 Å². The van der Waals surface area contributed by atoms with Crippen molar-refractivity contribution in [3.05, 3.63) is 128 Å². The average molecular weight is 626 g/mol. The maximum atomic E-state index is 14.9. The molecule has 0 fully saturated rings. The van der Waals surface area contributed by atoms with Gasteiger partial charge >= 0.3 is 21.1 Å². The average Bonchev–Trinajstić information content (AvgIpc) is 2.90. The molecule has 0 bridgehead atoms. The van der Waals surface area contributed by atoms with Crippen molar-refractivity contribution in [2.45, 2.75) is 0 Å². The third-order valence-corrected chi connectivity index (χ3v) is 8.14. The molecule has 5 rings (SSSR count). The first-order chi connectivity index (χ1) is 15.7. The van der Waals surface area contributed by atoms with Crippen molar-refractivity contribution in [2.24, 2.45) is 0 Å². The van der Waals surface area contributed by atoms with E-state index in [-0.39, 0.29) is 21.1 Å². The van der Waals surface area contributed by atoms with Gasteiger partial charge in [0.05, 0.1) is 0 Å². The molecule has 162 valence electrons. The zero-order chi connectivity index (χ0) is 21.8. The van der Waals surface area contributed by atoms with Gasteiger partial charge in [0, 0.05) is 17.7 Å². The van der Waals surface area contributed by atoms with Crippen molar-refractivity contribution >= 4 is 23.1 Å². The zero-order valence-corrected chi connectivity index (χ0v) is 20.7. The number of benzene rings is 3. The van der Waals surface area contributed by atoms with Crippen LogP contribution in [0.15, 0.2) is 116 Å². The first kappa shape index (κ1) is 23.1. The number of pyridine rings is 2. The first-order valence-corrected chi connectivity index (χ1v) is 12.0. The fourth-order valence-corrected chi connectivity index (χ4v) is 6.23. The van der Waals surface area contributed by atoms with Gasteiger partial charge in [0.2, 0.25) is 0 Å². The van der Waals surface area contributed by atoms with Crippen LogP contribution in [-0.4, -0.2) is 9.97 Å². The van der Waals surface area contributed by atoms with Gasteiger partial charge in [0.1, 0.15) is 7.14 Å². The number of hydrogen-bond acceptors (Lipinski definition) is 3. The summed E-state index contributed by atoms with van der Waals surface area (Å²) in [6.07, 6.45) is 3.49. The van der Waals surface area contributed by atoms with Gasteiger partial charge in [-0.3, -0.25) is 0 Å². The van der Waals surface area contributed by atoms with Gasteiger partial charge in [-0.15, -0.1) is 59.7 Å². The summed E-state index contributed by atoms with van der Waals surface area (Å²) < 4.78 is 14.9. The molecule has 0 aliphatic carbocycles. The molecule has 5 heteroatoms. The maximum Gasteiger partial charge on any atom is 2.00 e. The second-order valence-corrected chi connectivity index (χ2v) is 9.97. The van der Waals surface area contributed by atoms with Crippen LogP contribution in [0.2, 0.25) is 0 Å². The Hall–Kier alpha value is -3.12. The van der Waals surface area contributed by atoms with Gasteiger partial charge in [0.15, 0.2) is 0 Å². The molecule has 0 spiro atoms. The summed E-state index contributed by atoms with van der Waals surface area (Å²) in [7, 11) is -3.24. The van der Waals surface area contributed by atoms with E-state index in [9.17, 15) is 4.57 Å². The molecule has 0 saturated heterocycles. The summed E-state index contributed by atoms with van der Waals surface area (Å²) in [6.45, 7) is 0. The predicted molar refractivity (Wildman–Crippen MR) is 130 cm³/mol. The van der Waals surface area contributed by atoms with E-state index in [1.807, 2.05) is 103 Å². The summed E-state index contributed by atoms with van der Waals surface area (Å²) >= 11 is 0. The second kappa shape index (κ2) is 10.2. The molecule has 2 aromatic heterocycles. The molecule has 0 aliphatic heterocycles. The fourth-order valence-electron chi connectivity index (χ4n) is 3.67. The SMILES string of the molecule is O=P(c1[c-]c(-c2ccccn2)ccc1)(c1[c-]c(-c2ccccn2)ccc1)c1ccccc1.[Pt+2]. The molecule has 0 amide bonds. The number of rotatable bonds is 5. The van der Waals surface area contributed by atoms with Crippen LogP contribution in [-0.2, 0) is 25.6 Å². The topological polar surface area (TPSA) is 42.9 Å². The number of aromatic nitrogens is 2. The van der Waals surface area contributed by atoms with Crippen molar-refractivity contribution < 1.29 is 25.6 Å². The Balaban J connectivity index is 0.00000259.